The van der Waals surface area contributed by atoms with Crippen LogP contribution in [-0.4, -0.2) is 85.7 Å². The molecule has 1 aromatic carbocycles. The standard InChI is InChI=1S/C23H30N6O8/c24-15(6-7-19(31)32)20(33)27-16(9-14-10-25-12-26-14)21(34)29-18(11-30)22(35)28-17(23(36)37)8-13-4-2-1-3-5-13/h1-5,10,12,15-18,30H,6-9,11,24H2,(H,25,26)(H,27,33)(H,28,35)(H,29,34)(H,31,32)(H,36,37). The monoisotopic (exact) mass is 518 g/mol. The van der Waals surface area contributed by atoms with Gasteiger partial charge in [-0.2, -0.15) is 0 Å². The minimum atomic E-state index is -1.52. The molecule has 4 unspecified atom stereocenters. The minimum absolute atomic E-state index is 0.0270. The SMILES string of the molecule is NC(CCC(=O)O)C(=O)NC(Cc1cnc[nH]1)C(=O)NC(CO)C(=O)NC(Cc1ccccc1)C(=O)O. The first kappa shape index (κ1) is 28.9. The van der Waals surface area contributed by atoms with Gasteiger partial charge in [0.1, 0.15) is 18.1 Å². The second-order valence-electron chi connectivity index (χ2n) is 8.21. The van der Waals surface area contributed by atoms with Crippen LogP contribution in [0.5, 0.6) is 0 Å². The largest absolute Gasteiger partial charge is 0.481 e. The van der Waals surface area contributed by atoms with E-state index in [9.17, 15) is 34.2 Å². The normalized spacial score (nSPS) is 14.0. The zero-order valence-electron chi connectivity index (χ0n) is 19.8. The van der Waals surface area contributed by atoms with Gasteiger partial charge >= 0.3 is 11.9 Å². The van der Waals surface area contributed by atoms with Gasteiger partial charge < -0.3 is 42.0 Å². The molecule has 0 saturated heterocycles. The second-order valence-corrected chi connectivity index (χ2v) is 8.21. The molecule has 0 aliphatic rings. The molecule has 2 aromatic rings. The number of hydrogen-bond donors (Lipinski definition) is 8. The van der Waals surface area contributed by atoms with E-state index in [1.54, 1.807) is 30.3 Å². The Kier molecular flexibility index (Phi) is 11.2. The Morgan fingerprint density at radius 1 is 0.892 bits per heavy atom. The molecule has 0 fully saturated rings. The van der Waals surface area contributed by atoms with Crippen LogP contribution in [0.25, 0.3) is 0 Å². The molecule has 0 radical (unpaired) electrons. The molecule has 1 aromatic heterocycles. The number of nitrogens with zero attached hydrogens (tertiary/aromatic N) is 1. The quantitative estimate of drug-likeness (QED) is 0.128. The molecule has 4 atom stereocenters. The van der Waals surface area contributed by atoms with Gasteiger partial charge in [-0.05, 0) is 12.0 Å². The van der Waals surface area contributed by atoms with Gasteiger partial charge in [-0.1, -0.05) is 30.3 Å². The molecule has 0 spiro atoms. The molecule has 0 aliphatic carbocycles. The van der Waals surface area contributed by atoms with E-state index in [1.165, 1.54) is 12.5 Å². The van der Waals surface area contributed by atoms with E-state index in [0.717, 1.165) is 0 Å². The molecule has 1 heterocycles. The number of nitrogens with two attached hydrogens (primary N) is 1. The number of aliphatic hydroxyl groups is 1. The topological polar surface area (TPSA) is 237 Å². The molecular formula is C23H30N6O8. The van der Waals surface area contributed by atoms with Crippen molar-refractivity contribution in [2.45, 2.75) is 49.9 Å². The number of imidazole rings is 1. The maximum atomic E-state index is 13.0. The summed E-state index contributed by atoms with van der Waals surface area (Å²) in [5.74, 6) is -5.04. The highest BCUT2D eigenvalue weighted by Gasteiger charge is 2.30. The highest BCUT2D eigenvalue weighted by molar-refractivity contribution is 5.94. The fraction of sp³-hybridized carbons (Fsp3) is 0.391. The van der Waals surface area contributed by atoms with Gasteiger partial charge in [0, 0.05) is 31.2 Å². The van der Waals surface area contributed by atoms with Crippen LogP contribution >= 0.6 is 0 Å². The first-order chi connectivity index (χ1) is 17.6. The van der Waals surface area contributed by atoms with Crippen LogP contribution in [0.3, 0.4) is 0 Å². The molecule has 200 valence electrons. The lowest BCUT2D eigenvalue weighted by Gasteiger charge is -2.24. The number of carboxylic acids is 2. The first-order valence-electron chi connectivity index (χ1n) is 11.3. The summed E-state index contributed by atoms with van der Waals surface area (Å²) in [6.45, 7) is -0.849. The third-order valence-corrected chi connectivity index (χ3v) is 5.33. The summed E-state index contributed by atoms with van der Waals surface area (Å²) in [7, 11) is 0. The maximum absolute atomic E-state index is 13.0. The Bertz CT molecular complexity index is 1060. The fourth-order valence-corrected chi connectivity index (χ4v) is 3.30. The number of amides is 3. The lowest BCUT2D eigenvalue weighted by atomic mass is 10.1. The Morgan fingerprint density at radius 3 is 2.08 bits per heavy atom. The summed E-state index contributed by atoms with van der Waals surface area (Å²) in [5, 5.41) is 35.0. The Labute approximate surface area is 211 Å². The molecule has 14 nitrogen and oxygen atoms in total. The smallest absolute Gasteiger partial charge is 0.326 e. The van der Waals surface area contributed by atoms with Crippen molar-refractivity contribution in [2.75, 3.05) is 6.61 Å². The van der Waals surface area contributed by atoms with E-state index < -0.39 is 60.4 Å². The van der Waals surface area contributed by atoms with Gasteiger partial charge in [0.15, 0.2) is 0 Å². The van der Waals surface area contributed by atoms with Gasteiger partial charge in [0.25, 0.3) is 0 Å². The molecule has 14 heteroatoms. The number of benzene rings is 1. The van der Waals surface area contributed by atoms with Crippen molar-refractivity contribution in [3.63, 3.8) is 0 Å². The minimum Gasteiger partial charge on any atom is -0.481 e. The average Bonchev–Trinajstić information content (AvgIpc) is 3.38. The molecule has 0 bridgehead atoms. The van der Waals surface area contributed by atoms with Crippen LogP contribution in [-0.2, 0) is 36.8 Å². The first-order valence-corrected chi connectivity index (χ1v) is 11.3. The number of aliphatic carboxylic acids is 2. The Morgan fingerprint density at radius 2 is 1.51 bits per heavy atom. The summed E-state index contributed by atoms with van der Waals surface area (Å²) in [6, 6.07) is 3.25. The second kappa shape index (κ2) is 14.3. The zero-order valence-corrected chi connectivity index (χ0v) is 19.8. The number of carboxylic acid groups (broad SMARTS) is 2. The highest BCUT2D eigenvalue weighted by Crippen LogP contribution is 2.05. The molecule has 9 N–H and O–H groups in total. The molecular weight excluding hydrogens is 488 g/mol. The highest BCUT2D eigenvalue weighted by atomic mass is 16.4. The van der Waals surface area contributed by atoms with Crippen LogP contribution in [0.2, 0.25) is 0 Å². The van der Waals surface area contributed by atoms with Crippen LogP contribution in [0, 0.1) is 0 Å². The van der Waals surface area contributed by atoms with Crippen LogP contribution in [0.15, 0.2) is 42.9 Å². The van der Waals surface area contributed by atoms with Crippen LogP contribution < -0.4 is 21.7 Å². The lowest BCUT2D eigenvalue weighted by molar-refractivity contribution is -0.142. The summed E-state index contributed by atoms with van der Waals surface area (Å²) in [6.07, 6.45) is 2.13. The fourth-order valence-electron chi connectivity index (χ4n) is 3.30. The number of nitrogens with one attached hydrogen (secondary N) is 4. The number of H-pyrrole nitrogens is 1. The van der Waals surface area contributed by atoms with Crippen molar-refractivity contribution in [3.8, 4) is 0 Å². The van der Waals surface area contributed by atoms with Gasteiger partial charge in [-0.3, -0.25) is 19.2 Å². The van der Waals surface area contributed by atoms with Gasteiger partial charge in [-0.15, -0.1) is 0 Å². The van der Waals surface area contributed by atoms with E-state index in [-0.39, 0.29) is 25.7 Å². The predicted molar refractivity (Wildman–Crippen MR) is 128 cm³/mol. The Balaban J connectivity index is 2.08. The van der Waals surface area contributed by atoms with Crippen LogP contribution in [0.1, 0.15) is 24.1 Å². The number of hydrogen-bond acceptors (Lipinski definition) is 8. The van der Waals surface area contributed by atoms with Crippen molar-refractivity contribution in [1.82, 2.24) is 25.9 Å². The van der Waals surface area contributed by atoms with Crippen molar-refractivity contribution in [3.05, 3.63) is 54.1 Å². The van der Waals surface area contributed by atoms with E-state index in [2.05, 4.69) is 25.9 Å². The average molecular weight is 519 g/mol. The summed E-state index contributed by atoms with van der Waals surface area (Å²) in [5.41, 5.74) is 6.83. The van der Waals surface area contributed by atoms with Crippen molar-refractivity contribution in [2.24, 2.45) is 5.73 Å². The number of carbonyl (C=O) groups is 5. The van der Waals surface area contributed by atoms with Crippen molar-refractivity contribution >= 4 is 29.7 Å². The molecule has 0 aliphatic heterocycles. The van der Waals surface area contributed by atoms with E-state index in [0.29, 0.717) is 11.3 Å². The number of aromatic amines is 1. The number of aliphatic hydroxyl groups excluding tert-OH is 1. The van der Waals surface area contributed by atoms with Crippen molar-refractivity contribution < 1.29 is 39.3 Å². The number of aromatic nitrogens is 2. The van der Waals surface area contributed by atoms with Crippen LogP contribution in [0.4, 0.5) is 0 Å². The van der Waals surface area contributed by atoms with E-state index in [1.807, 2.05) is 0 Å². The van der Waals surface area contributed by atoms with Gasteiger partial charge in [0.05, 0.1) is 19.0 Å². The summed E-state index contributed by atoms with van der Waals surface area (Å²) >= 11 is 0. The van der Waals surface area contributed by atoms with Gasteiger partial charge in [-0.25, -0.2) is 9.78 Å². The lowest BCUT2D eigenvalue weighted by Crippen LogP contribution is -2.58. The summed E-state index contributed by atoms with van der Waals surface area (Å²) in [4.78, 5) is 67.2. The molecule has 3 amide bonds. The molecule has 0 saturated carbocycles. The predicted octanol–water partition coefficient (Wildman–Crippen LogP) is -2.08. The van der Waals surface area contributed by atoms with Crippen molar-refractivity contribution in [1.29, 1.82) is 0 Å². The third kappa shape index (κ3) is 9.70. The molecule has 37 heavy (non-hydrogen) atoms. The Hall–Kier alpha value is -4.30. The third-order valence-electron chi connectivity index (χ3n) is 5.33. The van der Waals surface area contributed by atoms with E-state index >= 15 is 0 Å². The summed E-state index contributed by atoms with van der Waals surface area (Å²) < 4.78 is 0. The number of rotatable bonds is 15. The zero-order chi connectivity index (χ0) is 27.4. The number of carbonyl (C=O) groups excluding carboxylic acids is 3. The molecule has 2 rings (SSSR count). The van der Waals surface area contributed by atoms with Gasteiger partial charge in [0.2, 0.25) is 17.7 Å². The van der Waals surface area contributed by atoms with E-state index in [4.69, 9.17) is 10.8 Å². The maximum Gasteiger partial charge on any atom is 0.326 e.